The number of carbonyl (C=O) groups is 1. The lowest BCUT2D eigenvalue weighted by atomic mass is 10.1. The third-order valence-electron chi connectivity index (χ3n) is 5.01. The second-order valence-corrected chi connectivity index (χ2v) is 8.65. The number of fused-ring (bicyclic) bond motifs is 1. The number of amides is 1. The van der Waals surface area contributed by atoms with Crippen molar-refractivity contribution in [2.75, 3.05) is 17.6 Å². The molecule has 146 valence electrons. The topological polar surface area (TPSA) is 89.1 Å². The van der Waals surface area contributed by atoms with Gasteiger partial charge in [-0.15, -0.1) is 11.3 Å². The zero-order chi connectivity index (χ0) is 19.7. The minimum Gasteiger partial charge on any atom is -0.396 e. The Morgan fingerprint density at radius 2 is 2.11 bits per heavy atom. The zero-order valence-electron chi connectivity index (χ0n) is 16.1. The number of nitrogens with two attached hydrogens (primary N) is 1. The Bertz CT molecular complexity index is 978. The van der Waals surface area contributed by atoms with Crippen LogP contribution in [-0.2, 0) is 29.8 Å². The van der Waals surface area contributed by atoms with Crippen LogP contribution in [-0.4, -0.2) is 32.1 Å². The molecule has 3 heterocycles. The largest absolute Gasteiger partial charge is 0.396 e. The van der Waals surface area contributed by atoms with Gasteiger partial charge in [-0.3, -0.25) is 19.7 Å². The second kappa shape index (κ2) is 7.37. The number of benzene rings is 1. The highest BCUT2D eigenvalue weighted by molar-refractivity contribution is 7.15. The molecule has 28 heavy (non-hydrogen) atoms. The van der Waals surface area contributed by atoms with Gasteiger partial charge in [-0.25, -0.2) is 4.98 Å². The summed E-state index contributed by atoms with van der Waals surface area (Å²) in [6, 6.07) is 10.5. The van der Waals surface area contributed by atoms with Crippen LogP contribution < -0.4 is 11.1 Å². The van der Waals surface area contributed by atoms with E-state index < -0.39 is 5.54 Å². The molecule has 3 aromatic rings. The van der Waals surface area contributed by atoms with Crippen LogP contribution in [0.25, 0.3) is 0 Å². The predicted molar refractivity (Wildman–Crippen MR) is 111 cm³/mol. The fourth-order valence-corrected chi connectivity index (χ4v) is 4.32. The number of hydrogen-bond donors (Lipinski definition) is 2. The number of nitrogens with zero attached hydrogens (tertiary/aromatic N) is 4. The number of nitrogens with one attached hydrogen (secondary N) is 1. The van der Waals surface area contributed by atoms with Gasteiger partial charge in [0, 0.05) is 37.1 Å². The fourth-order valence-electron chi connectivity index (χ4n) is 3.27. The minimum absolute atomic E-state index is 0.164. The summed E-state index contributed by atoms with van der Waals surface area (Å²) in [5.41, 5.74) is 7.80. The number of thiazole rings is 1. The number of carbonyl (C=O) groups excluding carboxylic acids is 1. The average Bonchev–Trinajstić information content (AvgIpc) is 3.28. The molecule has 0 unspecified atom stereocenters. The molecule has 7 nitrogen and oxygen atoms in total. The van der Waals surface area contributed by atoms with Gasteiger partial charge in [0.1, 0.15) is 5.54 Å². The Hall–Kier alpha value is -2.71. The molecular formula is C20H24N6OS. The van der Waals surface area contributed by atoms with E-state index in [-0.39, 0.29) is 5.91 Å². The van der Waals surface area contributed by atoms with Crippen molar-refractivity contribution in [3.05, 3.63) is 58.9 Å². The fraction of sp³-hybridized carbons (Fsp3) is 0.350. The van der Waals surface area contributed by atoms with Gasteiger partial charge >= 0.3 is 0 Å². The Kier molecular flexibility index (Phi) is 4.91. The van der Waals surface area contributed by atoms with Crippen LogP contribution in [0.5, 0.6) is 0 Å². The summed E-state index contributed by atoms with van der Waals surface area (Å²) >= 11 is 1.56. The van der Waals surface area contributed by atoms with E-state index in [0.29, 0.717) is 10.8 Å². The normalized spacial score (nSPS) is 14.6. The van der Waals surface area contributed by atoms with Gasteiger partial charge in [0.05, 0.1) is 17.6 Å². The van der Waals surface area contributed by atoms with Crippen molar-refractivity contribution in [1.82, 2.24) is 19.7 Å². The molecule has 0 saturated heterocycles. The van der Waals surface area contributed by atoms with Crippen LogP contribution in [0.2, 0.25) is 0 Å². The van der Waals surface area contributed by atoms with Crippen molar-refractivity contribution < 1.29 is 4.79 Å². The molecule has 0 aliphatic carbocycles. The molecule has 0 saturated carbocycles. The van der Waals surface area contributed by atoms with E-state index >= 15 is 0 Å². The van der Waals surface area contributed by atoms with Gasteiger partial charge in [-0.1, -0.05) is 30.3 Å². The lowest BCUT2D eigenvalue weighted by Gasteiger charge is -2.25. The molecule has 1 aliphatic heterocycles. The van der Waals surface area contributed by atoms with E-state index in [1.807, 2.05) is 19.9 Å². The Balaban J connectivity index is 1.43. The van der Waals surface area contributed by atoms with Crippen LogP contribution in [0, 0.1) is 0 Å². The predicted octanol–water partition coefficient (Wildman–Crippen LogP) is 2.85. The summed E-state index contributed by atoms with van der Waals surface area (Å²) in [5, 5.41) is 7.78. The first kappa shape index (κ1) is 18.6. The number of hydrogen-bond acceptors (Lipinski definition) is 6. The number of anilines is 2. The van der Waals surface area contributed by atoms with Crippen LogP contribution >= 0.6 is 11.3 Å². The van der Waals surface area contributed by atoms with E-state index in [1.165, 1.54) is 10.4 Å². The quantitative estimate of drug-likeness (QED) is 0.692. The molecule has 0 atom stereocenters. The van der Waals surface area contributed by atoms with Crippen LogP contribution in [0.4, 0.5) is 10.8 Å². The molecule has 2 aromatic heterocycles. The summed E-state index contributed by atoms with van der Waals surface area (Å²) in [6.07, 6.45) is 4.10. The number of nitrogen functional groups attached to an aromatic ring is 1. The van der Waals surface area contributed by atoms with Crippen molar-refractivity contribution in [3.8, 4) is 0 Å². The molecule has 1 amide bonds. The lowest BCUT2D eigenvalue weighted by molar-refractivity contribution is -0.123. The van der Waals surface area contributed by atoms with Crippen LogP contribution in [0.1, 0.15) is 30.0 Å². The maximum Gasteiger partial charge on any atom is 0.253 e. The van der Waals surface area contributed by atoms with Crippen LogP contribution in [0.15, 0.2) is 42.7 Å². The molecular weight excluding hydrogens is 372 g/mol. The van der Waals surface area contributed by atoms with E-state index in [9.17, 15) is 4.79 Å². The minimum atomic E-state index is -0.858. The van der Waals surface area contributed by atoms with Gasteiger partial charge < -0.3 is 5.73 Å². The van der Waals surface area contributed by atoms with Crippen molar-refractivity contribution >= 4 is 28.1 Å². The van der Waals surface area contributed by atoms with Crippen molar-refractivity contribution in [2.24, 2.45) is 0 Å². The number of aromatic nitrogens is 3. The van der Waals surface area contributed by atoms with Gasteiger partial charge in [-0.05, 0) is 19.4 Å². The van der Waals surface area contributed by atoms with E-state index in [1.54, 1.807) is 28.4 Å². The van der Waals surface area contributed by atoms with Gasteiger partial charge in [0.25, 0.3) is 5.91 Å². The molecule has 0 bridgehead atoms. The van der Waals surface area contributed by atoms with E-state index in [4.69, 9.17) is 5.73 Å². The highest BCUT2D eigenvalue weighted by Crippen LogP contribution is 2.30. The summed E-state index contributed by atoms with van der Waals surface area (Å²) < 4.78 is 1.58. The molecule has 1 aliphatic rings. The monoisotopic (exact) mass is 396 g/mol. The summed E-state index contributed by atoms with van der Waals surface area (Å²) in [6.45, 7) is 6.37. The maximum atomic E-state index is 12.8. The third-order valence-corrected chi connectivity index (χ3v) is 6.01. The first-order valence-electron chi connectivity index (χ1n) is 9.29. The maximum absolute atomic E-state index is 12.8. The van der Waals surface area contributed by atoms with Gasteiger partial charge in [0.2, 0.25) is 0 Å². The molecule has 0 radical (unpaired) electrons. The zero-order valence-corrected chi connectivity index (χ0v) is 16.9. The second-order valence-electron chi connectivity index (χ2n) is 7.57. The first-order valence-corrected chi connectivity index (χ1v) is 10.1. The Morgan fingerprint density at radius 3 is 2.82 bits per heavy atom. The van der Waals surface area contributed by atoms with Crippen molar-refractivity contribution in [3.63, 3.8) is 0 Å². The van der Waals surface area contributed by atoms with E-state index in [0.717, 1.165) is 31.7 Å². The smallest absolute Gasteiger partial charge is 0.253 e. The SMILES string of the molecule is CC(C)(C(=O)Nc1nc2c(s1)CN(Cc1ccccc1)CC2)n1cc(N)cn1. The lowest BCUT2D eigenvalue weighted by Crippen LogP contribution is -2.40. The summed E-state index contributed by atoms with van der Waals surface area (Å²) in [7, 11) is 0. The van der Waals surface area contributed by atoms with E-state index in [2.05, 4.69) is 44.6 Å². The summed E-state index contributed by atoms with van der Waals surface area (Å²) in [4.78, 5) is 21.1. The number of rotatable bonds is 5. The highest BCUT2D eigenvalue weighted by Gasteiger charge is 2.32. The summed E-state index contributed by atoms with van der Waals surface area (Å²) in [5.74, 6) is -0.164. The Morgan fingerprint density at radius 1 is 1.32 bits per heavy atom. The molecule has 1 aromatic carbocycles. The molecule has 0 spiro atoms. The highest BCUT2D eigenvalue weighted by atomic mass is 32.1. The van der Waals surface area contributed by atoms with Crippen molar-refractivity contribution in [1.29, 1.82) is 0 Å². The third kappa shape index (κ3) is 3.79. The Labute approximate surface area is 168 Å². The molecule has 8 heteroatoms. The van der Waals surface area contributed by atoms with Gasteiger partial charge in [0.15, 0.2) is 5.13 Å². The standard InChI is InChI=1S/C20H24N6OS/c1-20(2,26-12-15(21)10-22-26)18(27)24-19-23-16-8-9-25(13-17(16)28-19)11-14-6-4-3-5-7-14/h3-7,10,12H,8-9,11,13,21H2,1-2H3,(H,23,24,27). The molecule has 3 N–H and O–H groups in total. The van der Waals surface area contributed by atoms with Crippen molar-refractivity contribution in [2.45, 2.75) is 38.9 Å². The first-order chi connectivity index (χ1) is 13.4. The molecule has 4 rings (SSSR count). The molecule has 0 fully saturated rings. The average molecular weight is 397 g/mol. The van der Waals surface area contributed by atoms with Gasteiger partial charge in [-0.2, -0.15) is 5.10 Å². The van der Waals surface area contributed by atoms with Crippen LogP contribution in [0.3, 0.4) is 0 Å².